The van der Waals surface area contributed by atoms with Crippen LogP contribution in [0.15, 0.2) is 24.3 Å². The van der Waals surface area contributed by atoms with Crippen molar-refractivity contribution < 1.29 is 39.8 Å². The maximum absolute atomic E-state index is 13.0. The predicted octanol–water partition coefficient (Wildman–Crippen LogP) is 10.3. The van der Waals surface area contributed by atoms with Crippen LogP contribution in [0.25, 0.3) is 0 Å². The number of ether oxygens (including phenoxy) is 2. The van der Waals surface area contributed by atoms with Crippen molar-refractivity contribution in [2.75, 3.05) is 13.2 Å². The molecule has 1 aliphatic heterocycles. The molecule has 1 rings (SSSR count). The molecule has 1 fully saturated rings. The quantitative estimate of drug-likeness (QED) is 0.0265. The van der Waals surface area contributed by atoms with Crippen molar-refractivity contribution in [2.45, 2.75) is 262 Å². The molecule has 1 amide bonds. The first-order chi connectivity index (χ1) is 27.8. The largest absolute Gasteiger partial charge is 0.394 e. The maximum Gasteiger partial charge on any atom is 0.220 e. The average Bonchev–Trinajstić information content (AvgIpc) is 3.21. The zero-order valence-electron chi connectivity index (χ0n) is 36.9. The fourth-order valence-electron chi connectivity index (χ4n) is 7.64. The van der Waals surface area contributed by atoms with Crippen LogP contribution in [-0.2, 0) is 14.3 Å². The first-order valence-corrected chi connectivity index (χ1v) is 24.1. The van der Waals surface area contributed by atoms with Gasteiger partial charge in [-0.05, 0) is 32.1 Å². The number of hydrogen-bond donors (Lipinski definition) is 6. The lowest BCUT2D eigenvalue weighted by molar-refractivity contribution is -0.302. The fourth-order valence-corrected chi connectivity index (χ4v) is 7.64. The number of aliphatic hydroxyl groups is 5. The van der Waals surface area contributed by atoms with Crippen LogP contribution in [0, 0.1) is 0 Å². The van der Waals surface area contributed by atoms with E-state index in [4.69, 9.17) is 9.47 Å². The van der Waals surface area contributed by atoms with E-state index in [0.29, 0.717) is 6.42 Å². The van der Waals surface area contributed by atoms with Crippen molar-refractivity contribution in [3.63, 3.8) is 0 Å². The molecule has 57 heavy (non-hydrogen) atoms. The summed E-state index contributed by atoms with van der Waals surface area (Å²) in [6.45, 7) is 3.75. The first kappa shape index (κ1) is 53.7. The van der Waals surface area contributed by atoms with Crippen molar-refractivity contribution in [2.24, 2.45) is 0 Å². The van der Waals surface area contributed by atoms with E-state index in [1.165, 1.54) is 161 Å². The predicted molar refractivity (Wildman–Crippen MR) is 235 cm³/mol. The summed E-state index contributed by atoms with van der Waals surface area (Å²) >= 11 is 0. The number of rotatable bonds is 40. The van der Waals surface area contributed by atoms with Crippen molar-refractivity contribution in [3.8, 4) is 0 Å². The molecule has 6 N–H and O–H groups in total. The van der Waals surface area contributed by atoms with Gasteiger partial charge in [0.15, 0.2) is 6.29 Å². The van der Waals surface area contributed by atoms with Crippen LogP contribution in [0.3, 0.4) is 0 Å². The molecule has 0 spiro atoms. The van der Waals surface area contributed by atoms with Crippen LogP contribution in [0.1, 0.15) is 219 Å². The standard InChI is InChI=1S/C48H91NO8/c1-3-5-7-9-11-13-15-17-18-19-20-21-22-23-24-25-26-28-30-32-34-36-38-44(52)49-41(40-56-48-47(55)46(54)45(53)43(39-50)57-48)42(51)37-35-33-31-29-27-16-14-12-10-8-6-4-2/h27,29,35,37,41-43,45-48,50-51,53-55H,3-26,28,30-34,36,38-40H2,1-2H3,(H,49,52)/b29-27+,37-35+. The van der Waals surface area contributed by atoms with Gasteiger partial charge >= 0.3 is 0 Å². The SMILES string of the molecule is CCCCCCCC/C=C/CC/C=C/C(O)C(COC1OC(CO)C(O)C(O)C1O)NC(=O)CCCCCCCCCCCCCCCCCCCCCCCC. The van der Waals surface area contributed by atoms with E-state index in [-0.39, 0.29) is 12.5 Å². The highest BCUT2D eigenvalue weighted by Gasteiger charge is 2.44. The van der Waals surface area contributed by atoms with Gasteiger partial charge in [0.1, 0.15) is 24.4 Å². The Balaban J connectivity index is 2.27. The van der Waals surface area contributed by atoms with Gasteiger partial charge in [0.25, 0.3) is 0 Å². The van der Waals surface area contributed by atoms with Gasteiger partial charge in [-0.2, -0.15) is 0 Å². The molecule has 1 aliphatic rings. The topological polar surface area (TPSA) is 149 Å². The zero-order valence-corrected chi connectivity index (χ0v) is 36.9. The summed E-state index contributed by atoms with van der Waals surface area (Å²) in [6, 6.07) is -0.816. The van der Waals surface area contributed by atoms with E-state index in [0.717, 1.165) is 38.5 Å². The van der Waals surface area contributed by atoms with Gasteiger partial charge in [-0.25, -0.2) is 0 Å². The van der Waals surface area contributed by atoms with Gasteiger partial charge in [0.05, 0.1) is 25.4 Å². The van der Waals surface area contributed by atoms with E-state index < -0.39 is 49.5 Å². The number of amides is 1. The first-order valence-electron chi connectivity index (χ1n) is 24.1. The minimum atomic E-state index is -1.57. The molecule has 0 aliphatic carbocycles. The summed E-state index contributed by atoms with van der Waals surface area (Å²) < 4.78 is 11.2. The Hall–Kier alpha value is -1.33. The van der Waals surface area contributed by atoms with Crippen LogP contribution < -0.4 is 5.32 Å². The molecule has 7 atom stereocenters. The Morgan fingerprint density at radius 1 is 0.579 bits per heavy atom. The summed E-state index contributed by atoms with van der Waals surface area (Å²) in [7, 11) is 0. The molecular formula is C48H91NO8. The van der Waals surface area contributed by atoms with E-state index in [2.05, 4.69) is 31.3 Å². The average molecular weight is 810 g/mol. The van der Waals surface area contributed by atoms with Gasteiger partial charge in [0.2, 0.25) is 5.91 Å². The number of allylic oxidation sites excluding steroid dienone is 3. The van der Waals surface area contributed by atoms with Crippen molar-refractivity contribution in [3.05, 3.63) is 24.3 Å². The number of carbonyl (C=O) groups is 1. The summed E-state index contributed by atoms with van der Waals surface area (Å²) in [5.74, 6) is -0.185. The lowest BCUT2D eigenvalue weighted by atomic mass is 9.99. The Bertz CT molecular complexity index is 945. The third-order valence-electron chi connectivity index (χ3n) is 11.5. The van der Waals surface area contributed by atoms with Gasteiger partial charge in [0, 0.05) is 6.42 Å². The van der Waals surface area contributed by atoms with E-state index >= 15 is 0 Å². The second-order valence-electron chi connectivity index (χ2n) is 16.9. The summed E-state index contributed by atoms with van der Waals surface area (Å²) in [5.41, 5.74) is 0. The lowest BCUT2D eigenvalue weighted by Gasteiger charge is -2.40. The highest BCUT2D eigenvalue weighted by atomic mass is 16.7. The highest BCUT2D eigenvalue weighted by molar-refractivity contribution is 5.76. The minimum absolute atomic E-state index is 0.185. The third kappa shape index (κ3) is 29.5. The number of aliphatic hydroxyl groups excluding tert-OH is 5. The molecular weight excluding hydrogens is 719 g/mol. The van der Waals surface area contributed by atoms with Crippen molar-refractivity contribution in [1.29, 1.82) is 0 Å². The number of hydrogen-bond acceptors (Lipinski definition) is 8. The molecule has 7 unspecified atom stereocenters. The van der Waals surface area contributed by atoms with Crippen molar-refractivity contribution >= 4 is 5.91 Å². The third-order valence-corrected chi connectivity index (χ3v) is 11.5. The summed E-state index contributed by atoms with van der Waals surface area (Å²) in [4.78, 5) is 13.0. The molecule has 336 valence electrons. The second kappa shape index (κ2) is 38.8. The Morgan fingerprint density at radius 2 is 1.00 bits per heavy atom. The summed E-state index contributed by atoms with van der Waals surface area (Å²) in [5, 5.41) is 54.1. The maximum atomic E-state index is 13.0. The second-order valence-corrected chi connectivity index (χ2v) is 16.9. The van der Waals surface area contributed by atoms with Gasteiger partial charge in [-0.15, -0.1) is 0 Å². The van der Waals surface area contributed by atoms with Crippen LogP contribution in [0.2, 0.25) is 0 Å². The zero-order chi connectivity index (χ0) is 41.6. The van der Waals surface area contributed by atoms with Gasteiger partial charge in [-0.1, -0.05) is 205 Å². The lowest BCUT2D eigenvalue weighted by Crippen LogP contribution is -2.60. The van der Waals surface area contributed by atoms with Gasteiger partial charge in [-0.3, -0.25) is 4.79 Å². The van der Waals surface area contributed by atoms with Crippen LogP contribution in [-0.4, -0.2) is 87.5 Å². The molecule has 9 nitrogen and oxygen atoms in total. The fraction of sp³-hybridized carbons (Fsp3) is 0.896. The molecule has 1 heterocycles. The highest BCUT2D eigenvalue weighted by Crippen LogP contribution is 2.23. The Kier molecular flexibility index (Phi) is 36.6. The minimum Gasteiger partial charge on any atom is -0.394 e. The van der Waals surface area contributed by atoms with E-state index in [1.807, 2.05) is 6.08 Å². The molecule has 0 aromatic heterocycles. The molecule has 0 saturated carbocycles. The number of carbonyl (C=O) groups excluding carboxylic acids is 1. The number of unbranched alkanes of at least 4 members (excludes halogenated alkanes) is 28. The molecule has 1 saturated heterocycles. The molecule has 0 aromatic carbocycles. The van der Waals surface area contributed by atoms with Gasteiger partial charge < -0.3 is 40.3 Å². The van der Waals surface area contributed by atoms with Crippen LogP contribution in [0.4, 0.5) is 0 Å². The summed E-state index contributed by atoms with van der Waals surface area (Å²) in [6.07, 6.45) is 39.5. The number of nitrogens with one attached hydrogen (secondary N) is 1. The van der Waals surface area contributed by atoms with E-state index in [1.54, 1.807) is 6.08 Å². The molecule has 0 aromatic rings. The van der Waals surface area contributed by atoms with Crippen LogP contribution >= 0.6 is 0 Å². The Morgan fingerprint density at radius 3 is 1.47 bits per heavy atom. The normalized spacial score (nSPS) is 21.1. The Labute approximate surface area is 349 Å². The van der Waals surface area contributed by atoms with Crippen LogP contribution in [0.5, 0.6) is 0 Å². The van der Waals surface area contributed by atoms with E-state index in [9.17, 15) is 30.3 Å². The molecule has 9 heteroatoms. The smallest absolute Gasteiger partial charge is 0.220 e. The molecule has 0 bridgehead atoms. The molecule has 0 radical (unpaired) electrons. The van der Waals surface area contributed by atoms with Crippen molar-refractivity contribution in [1.82, 2.24) is 5.32 Å². The monoisotopic (exact) mass is 810 g/mol.